The lowest BCUT2D eigenvalue weighted by Gasteiger charge is -2.24. The maximum atomic E-state index is 5.34. The summed E-state index contributed by atoms with van der Waals surface area (Å²) in [4.78, 5) is 0. The zero-order valence-corrected chi connectivity index (χ0v) is 9.54. The largest absolute Gasteiger partial charge is 0.348 e. The summed E-state index contributed by atoms with van der Waals surface area (Å²) in [6.45, 7) is 9.83. The van der Waals surface area contributed by atoms with Gasteiger partial charge in [-0.15, -0.1) is 0 Å². The predicted octanol–water partition coefficient (Wildman–Crippen LogP) is 1.95. The molecule has 0 aliphatic heterocycles. The van der Waals surface area contributed by atoms with Crippen LogP contribution in [-0.4, -0.2) is 32.7 Å². The Labute approximate surface area is 86.5 Å². The Morgan fingerprint density at radius 1 is 0.786 bits per heavy atom. The van der Waals surface area contributed by atoms with Crippen LogP contribution in [0.3, 0.4) is 0 Å². The molecular weight excluding hydrogens is 184 g/mol. The van der Waals surface area contributed by atoms with Gasteiger partial charge in [-0.25, -0.2) is 0 Å². The number of rotatable bonds is 9. The van der Waals surface area contributed by atoms with Crippen molar-refractivity contribution in [3.63, 3.8) is 0 Å². The smallest absolute Gasteiger partial charge is 0.282 e. The molecular formula is C10H21O4. The van der Waals surface area contributed by atoms with Crippen LogP contribution in [-0.2, 0) is 18.9 Å². The van der Waals surface area contributed by atoms with E-state index in [-0.39, 0.29) is 0 Å². The van der Waals surface area contributed by atoms with Gasteiger partial charge in [0.15, 0.2) is 0 Å². The SMILES string of the molecule is CCO[C](OCC)C(OCC)OCC. The fourth-order valence-corrected chi connectivity index (χ4v) is 0.949. The van der Waals surface area contributed by atoms with Gasteiger partial charge in [0, 0.05) is 26.4 Å². The molecule has 0 aliphatic rings. The molecule has 0 atom stereocenters. The van der Waals surface area contributed by atoms with Crippen molar-refractivity contribution < 1.29 is 18.9 Å². The van der Waals surface area contributed by atoms with Crippen LogP contribution in [0.5, 0.6) is 0 Å². The number of hydrogen-bond donors (Lipinski definition) is 0. The van der Waals surface area contributed by atoms with Gasteiger partial charge in [-0.3, -0.25) is 0 Å². The summed E-state index contributed by atoms with van der Waals surface area (Å²) < 4.78 is 21.3. The van der Waals surface area contributed by atoms with Crippen molar-refractivity contribution in [3.05, 3.63) is 6.29 Å². The van der Waals surface area contributed by atoms with Crippen molar-refractivity contribution >= 4 is 0 Å². The minimum atomic E-state index is -0.509. The molecule has 85 valence electrons. The molecule has 0 saturated carbocycles. The molecule has 4 nitrogen and oxygen atoms in total. The molecule has 0 saturated heterocycles. The highest BCUT2D eigenvalue weighted by molar-refractivity contribution is 4.70. The molecule has 0 fully saturated rings. The lowest BCUT2D eigenvalue weighted by molar-refractivity contribution is -0.218. The molecule has 4 heteroatoms. The van der Waals surface area contributed by atoms with Gasteiger partial charge in [0.2, 0.25) is 6.29 Å². The van der Waals surface area contributed by atoms with Crippen LogP contribution in [0, 0.1) is 6.29 Å². The van der Waals surface area contributed by atoms with Gasteiger partial charge in [0.05, 0.1) is 0 Å². The first-order valence-corrected chi connectivity index (χ1v) is 5.15. The minimum absolute atomic E-state index is 0.415. The van der Waals surface area contributed by atoms with Crippen LogP contribution < -0.4 is 0 Å². The standard InChI is InChI=1S/C10H21O4/c1-5-11-9(12-6-2)10(13-7-3)14-8-4/h9H,5-8H2,1-4H3. The fourth-order valence-electron chi connectivity index (χ4n) is 0.949. The van der Waals surface area contributed by atoms with Gasteiger partial charge < -0.3 is 18.9 Å². The monoisotopic (exact) mass is 205 g/mol. The zero-order valence-electron chi connectivity index (χ0n) is 9.54. The van der Waals surface area contributed by atoms with Gasteiger partial charge in [-0.1, -0.05) is 0 Å². The van der Waals surface area contributed by atoms with E-state index in [1.54, 1.807) is 0 Å². The summed E-state index contributed by atoms with van der Waals surface area (Å²) >= 11 is 0. The van der Waals surface area contributed by atoms with E-state index in [4.69, 9.17) is 18.9 Å². The summed E-state index contributed by atoms with van der Waals surface area (Å²) in [5.74, 6) is 0. The molecule has 0 aromatic carbocycles. The Balaban J connectivity index is 4.06. The van der Waals surface area contributed by atoms with Crippen LogP contribution in [0.25, 0.3) is 0 Å². The molecule has 1 radical (unpaired) electrons. The average molecular weight is 205 g/mol. The van der Waals surface area contributed by atoms with E-state index >= 15 is 0 Å². The van der Waals surface area contributed by atoms with Gasteiger partial charge >= 0.3 is 0 Å². The molecule has 0 bridgehead atoms. The highest BCUT2D eigenvalue weighted by Crippen LogP contribution is 2.15. The second kappa shape index (κ2) is 9.40. The highest BCUT2D eigenvalue weighted by atomic mass is 16.8. The second-order valence-corrected chi connectivity index (χ2v) is 2.43. The maximum absolute atomic E-state index is 5.34. The molecule has 0 N–H and O–H groups in total. The summed E-state index contributed by atoms with van der Waals surface area (Å²) in [5.41, 5.74) is 0. The quantitative estimate of drug-likeness (QED) is 0.539. The van der Waals surface area contributed by atoms with Crippen molar-refractivity contribution in [1.82, 2.24) is 0 Å². The van der Waals surface area contributed by atoms with Crippen molar-refractivity contribution in [2.75, 3.05) is 26.4 Å². The summed E-state index contributed by atoms with van der Waals surface area (Å²) in [5, 5.41) is 0. The third-order valence-electron chi connectivity index (χ3n) is 1.40. The topological polar surface area (TPSA) is 36.9 Å². The Hall–Kier alpha value is -0.160. The van der Waals surface area contributed by atoms with E-state index in [2.05, 4.69) is 0 Å². The van der Waals surface area contributed by atoms with Crippen LogP contribution >= 0.6 is 0 Å². The Bertz CT molecular complexity index is 92.7. The third kappa shape index (κ3) is 5.54. The van der Waals surface area contributed by atoms with Gasteiger partial charge in [-0.2, -0.15) is 0 Å². The van der Waals surface area contributed by atoms with Crippen LogP contribution in [0.2, 0.25) is 0 Å². The van der Waals surface area contributed by atoms with E-state index in [1.165, 1.54) is 0 Å². The van der Waals surface area contributed by atoms with E-state index < -0.39 is 6.29 Å². The van der Waals surface area contributed by atoms with E-state index in [0.717, 1.165) is 0 Å². The minimum Gasteiger partial charge on any atom is -0.348 e. The van der Waals surface area contributed by atoms with Crippen LogP contribution in [0.4, 0.5) is 0 Å². The lowest BCUT2D eigenvalue weighted by Crippen LogP contribution is -2.30. The molecule has 0 aliphatic carbocycles. The molecule has 0 unspecified atom stereocenters. The predicted molar refractivity (Wildman–Crippen MR) is 53.5 cm³/mol. The fraction of sp³-hybridized carbons (Fsp3) is 0.900. The number of ether oxygens (including phenoxy) is 4. The number of hydrogen-bond acceptors (Lipinski definition) is 4. The molecule has 0 heterocycles. The lowest BCUT2D eigenvalue weighted by atomic mass is 10.5. The average Bonchev–Trinajstić information content (AvgIpc) is 2.17. The molecule has 0 amide bonds. The molecule has 0 aromatic rings. The summed E-state index contributed by atoms with van der Waals surface area (Å²) in [6.07, 6.45) is -0.0939. The second-order valence-electron chi connectivity index (χ2n) is 2.43. The molecule has 14 heavy (non-hydrogen) atoms. The van der Waals surface area contributed by atoms with Gasteiger partial charge in [0.1, 0.15) is 0 Å². The van der Waals surface area contributed by atoms with Crippen molar-refractivity contribution in [2.24, 2.45) is 0 Å². The Morgan fingerprint density at radius 3 is 1.50 bits per heavy atom. The van der Waals surface area contributed by atoms with E-state index in [1.807, 2.05) is 27.7 Å². The van der Waals surface area contributed by atoms with Gasteiger partial charge in [-0.05, 0) is 27.7 Å². The van der Waals surface area contributed by atoms with Crippen molar-refractivity contribution in [2.45, 2.75) is 34.0 Å². The van der Waals surface area contributed by atoms with E-state index in [9.17, 15) is 0 Å². The van der Waals surface area contributed by atoms with Crippen LogP contribution in [0.15, 0.2) is 0 Å². The normalized spacial score (nSPS) is 11.6. The first kappa shape index (κ1) is 13.8. The molecule has 0 aromatic heterocycles. The van der Waals surface area contributed by atoms with Crippen molar-refractivity contribution in [1.29, 1.82) is 0 Å². The third-order valence-corrected chi connectivity index (χ3v) is 1.40. The van der Waals surface area contributed by atoms with Gasteiger partial charge in [0.25, 0.3) is 6.29 Å². The molecule has 0 rings (SSSR count). The highest BCUT2D eigenvalue weighted by Gasteiger charge is 2.25. The first-order chi connectivity index (χ1) is 6.79. The maximum Gasteiger partial charge on any atom is 0.282 e. The zero-order chi connectivity index (χ0) is 10.8. The van der Waals surface area contributed by atoms with E-state index in [0.29, 0.717) is 32.7 Å². The van der Waals surface area contributed by atoms with Crippen LogP contribution in [0.1, 0.15) is 27.7 Å². The Kier molecular flexibility index (Phi) is 9.29. The Morgan fingerprint density at radius 2 is 1.21 bits per heavy atom. The van der Waals surface area contributed by atoms with Crippen molar-refractivity contribution in [3.8, 4) is 0 Å². The summed E-state index contributed by atoms with van der Waals surface area (Å²) in [7, 11) is 0. The summed E-state index contributed by atoms with van der Waals surface area (Å²) in [6, 6.07) is 0. The first-order valence-electron chi connectivity index (χ1n) is 5.15. The molecule has 0 spiro atoms.